The molecule has 21 heavy (non-hydrogen) atoms. The molecule has 0 bridgehead atoms. The van der Waals surface area contributed by atoms with Crippen molar-refractivity contribution in [3.8, 4) is 0 Å². The van der Waals surface area contributed by atoms with E-state index < -0.39 is 45.9 Å². The van der Waals surface area contributed by atoms with Crippen LogP contribution in [0.5, 0.6) is 0 Å². The molecule has 1 atom stereocenters. The molecule has 1 aromatic carbocycles. The maximum Gasteiger partial charge on any atom is 0.300 e. The maximum atomic E-state index is 13.6. The molecule has 0 aliphatic carbocycles. The van der Waals surface area contributed by atoms with Gasteiger partial charge in [-0.15, -0.1) is 0 Å². The topological polar surface area (TPSA) is 69.7 Å². The van der Waals surface area contributed by atoms with Crippen molar-refractivity contribution >= 4 is 17.5 Å². The Bertz CT molecular complexity index is 672. The Labute approximate surface area is 122 Å². The molecule has 0 fully saturated rings. The predicted molar refractivity (Wildman–Crippen MR) is 74.0 cm³/mol. The first-order valence-electron chi connectivity index (χ1n) is 6.05. The SMILES string of the molecule is Cc1c(F)ccc(F)c1S(=O)(=O)OCP(C)(=O)OC(C)C. The molecular formula is C12H17F2O5PS. The van der Waals surface area contributed by atoms with Crippen molar-refractivity contribution in [3.05, 3.63) is 29.3 Å². The van der Waals surface area contributed by atoms with Crippen LogP contribution in [-0.4, -0.2) is 27.5 Å². The Balaban J connectivity index is 3.04. The average Bonchev–Trinajstić information content (AvgIpc) is 2.30. The van der Waals surface area contributed by atoms with Crippen LogP contribution in [-0.2, 0) is 23.4 Å². The summed E-state index contributed by atoms with van der Waals surface area (Å²) in [5.41, 5.74) is -0.397. The zero-order chi connectivity index (χ0) is 16.4. The second-order valence-electron chi connectivity index (χ2n) is 4.85. The largest absolute Gasteiger partial charge is 0.324 e. The van der Waals surface area contributed by atoms with Crippen LogP contribution < -0.4 is 0 Å². The van der Waals surface area contributed by atoms with Crippen molar-refractivity contribution in [2.45, 2.75) is 31.8 Å². The molecule has 0 aliphatic heterocycles. The molecule has 1 unspecified atom stereocenters. The molecule has 1 aromatic rings. The van der Waals surface area contributed by atoms with E-state index in [0.717, 1.165) is 13.0 Å². The van der Waals surface area contributed by atoms with Gasteiger partial charge in [0, 0.05) is 12.2 Å². The van der Waals surface area contributed by atoms with Gasteiger partial charge < -0.3 is 4.52 Å². The Morgan fingerprint density at radius 2 is 1.76 bits per heavy atom. The Kier molecular flexibility index (Phi) is 5.66. The fourth-order valence-corrected chi connectivity index (χ4v) is 4.81. The minimum atomic E-state index is -4.58. The van der Waals surface area contributed by atoms with Crippen molar-refractivity contribution < 1.29 is 30.5 Å². The molecule has 0 aromatic heterocycles. The maximum absolute atomic E-state index is 13.6. The number of halogens is 2. The van der Waals surface area contributed by atoms with Gasteiger partial charge >= 0.3 is 10.1 Å². The van der Waals surface area contributed by atoms with Crippen molar-refractivity contribution in [3.63, 3.8) is 0 Å². The monoisotopic (exact) mass is 342 g/mol. The zero-order valence-electron chi connectivity index (χ0n) is 12.1. The normalized spacial score (nSPS) is 15.2. The minimum Gasteiger partial charge on any atom is -0.324 e. The van der Waals surface area contributed by atoms with E-state index in [-0.39, 0.29) is 6.10 Å². The first-order valence-corrected chi connectivity index (χ1v) is 9.72. The van der Waals surface area contributed by atoms with Crippen LogP contribution >= 0.6 is 7.37 Å². The molecule has 9 heteroatoms. The van der Waals surface area contributed by atoms with E-state index in [2.05, 4.69) is 4.18 Å². The van der Waals surface area contributed by atoms with Crippen LogP contribution in [0.4, 0.5) is 8.78 Å². The number of rotatable bonds is 6. The summed E-state index contributed by atoms with van der Waals surface area (Å²) in [5.74, 6) is -2.01. The lowest BCUT2D eigenvalue weighted by Crippen LogP contribution is -2.14. The molecule has 0 spiro atoms. The number of hydrogen-bond donors (Lipinski definition) is 0. The quantitative estimate of drug-likeness (QED) is 0.586. The molecule has 0 saturated carbocycles. The lowest BCUT2D eigenvalue weighted by atomic mass is 10.2. The molecule has 0 heterocycles. The third-order valence-electron chi connectivity index (χ3n) is 2.42. The third kappa shape index (κ3) is 4.85. The van der Waals surface area contributed by atoms with E-state index in [1.54, 1.807) is 13.8 Å². The lowest BCUT2D eigenvalue weighted by molar-refractivity contribution is 0.230. The highest BCUT2D eigenvalue weighted by atomic mass is 32.2. The van der Waals surface area contributed by atoms with Gasteiger partial charge in [-0.3, -0.25) is 8.75 Å². The van der Waals surface area contributed by atoms with Gasteiger partial charge in [-0.2, -0.15) is 8.42 Å². The van der Waals surface area contributed by atoms with Crippen molar-refractivity contribution in [1.82, 2.24) is 0 Å². The van der Waals surface area contributed by atoms with Crippen LogP contribution in [0, 0.1) is 18.6 Å². The molecule has 0 N–H and O–H groups in total. The Hall–Kier alpha value is -0.820. The molecule has 0 saturated heterocycles. The molecule has 0 amide bonds. The van der Waals surface area contributed by atoms with Gasteiger partial charge in [0.25, 0.3) is 0 Å². The van der Waals surface area contributed by atoms with Crippen LogP contribution in [0.1, 0.15) is 19.4 Å². The van der Waals surface area contributed by atoms with Gasteiger partial charge in [0.2, 0.25) is 7.37 Å². The van der Waals surface area contributed by atoms with Crippen molar-refractivity contribution in [1.29, 1.82) is 0 Å². The first-order chi connectivity index (χ1) is 9.46. The fraction of sp³-hybridized carbons (Fsp3) is 0.500. The molecular weight excluding hydrogens is 325 g/mol. The van der Waals surface area contributed by atoms with Gasteiger partial charge in [0.15, 0.2) is 0 Å². The van der Waals surface area contributed by atoms with E-state index in [9.17, 15) is 21.8 Å². The predicted octanol–water partition coefficient (Wildman–Crippen LogP) is 3.27. The molecule has 1 rings (SSSR count). The van der Waals surface area contributed by atoms with Crippen LogP contribution in [0.25, 0.3) is 0 Å². The summed E-state index contributed by atoms with van der Waals surface area (Å²) < 4.78 is 72.5. The van der Waals surface area contributed by atoms with Crippen LogP contribution in [0.3, 0.4) is 0 Å². The second kappa shape index (κ2) is 6.52. The van der Waals surface area contributed by atoms with Crippen molar-refractivity contribution in [2.75, 3.05) is 13.0 Å². The molecule has 5 nitrogen and oxygen atoms in total. The van der Waals surface area contributed by atoms with Gasteiger partial charge in [-0.05, 0) is 32.9 Å². The first kappa shape index (κ1) is 18.2. The fourth-order valence-electron chi connectivity index (χ4n) is 1.64. The minimum absolute atomic E-state index is 0.389. The number of benzene rings is 1. The van der Waals surface area contributed by atoms with E-state index in [4.69, 9.17) is 4.52 Å². The summed E-state index contributed by atoms with van der Waals surface area (Å²) in [4.78, 5) is -0.896. The standard InChI is InChI=1S/C12H17F2O5PS/c1-8(2)19-20(4,15)7-18-21(16,17)12-9(3)10(13)5-6-11(12)14/h5-6,8H,7H2,1-4H3. The van der Waals surface area contributed by atoms with Gasteiger partial charge in [0.1, 0.15) is 22.9 Å². The summed E-state index contributed by atoms with van der Waals surface area (Å²) in [6.07, 6.45) is -1.14. The Morgan fingerprint density at radius 3 is 2.29 bits per heavy atom. The Morgan fingerprint density at radius 1 is 1.24 bits per heavy atom. The highest BCUT2D eigenvalue weighted by Crippen LogP contribution is 2.44. The van der Waals surface area contributed by atoms with E-state index >= 15 is 0 Å². The number of hydrogen-bond acceptors (Lipinski definition) is 5. The van der Waals surface area contributed by atoms with E-state index in [1.165, 1.54) is 6.66 Å². The molecule has 0 aliphatic rings. The average molecular weight is 342 g/mol. The summed E-state index contributed by atoms with van der Waals surface area (Å²) in [6, 6.07) is 1.50. The van der Waals surface area contributed by atoms with Crippen LogP contribution in [0.2, 0.25) is 0 Å². The highest BCUT2D eigenvalue weighted by Gasteiger charge is 2.28. The van der Waals surface area contributed by atoms with Crippen molar-refractivity contribution in [2.24, 2.45) is 0 Å². The summed E-state index contributed by atoms with van der Waals surface area (Å²) in [6.45, 7) is 5.57. The molecule has 120 valence electrons. The molecule has 0 radical (unpaired) electrons. The van der Waals surface area contributed by atoms with Gasteiger partial charge in [-0.25, -0.2) is 8.78 Å². The van der Waals surface area contributed by atoms with E-state index in [0.29, 0.717) is 6.07 Å². The van der Waals surface area contributed by atoms with Gasteiger partial charge in [0.05, 0.1) is 6.10 Å². The van der Waals surface area contributed by atoms with Crippen LogP contribution in [0.15, 0.2) is 17.0 Å². The van der Waals surface area contributed by atoms with E-state index in [1.807, 2.05) is 0 Å². The second-order valence-corrected chi connectivity index (χ2v) is 8.90. The smallest absolute Gasteiger partial charge is 0.300 e. The lowest BCUT2D eigenvalue weighted by Gasteiger charge is -2.17. The summed E-state index contributed by atoms with van der Waals surface area (Å²) in [7, 11) is -7.91. The highest BCUT2D eigenvalue weighted by molar-refractivity contribution is 7.87. The third-order valence-corrected chi connectivity index (χ3v) is 5.49. The summed E-state index contributed by atoms with van der Waals surface area (Å²) in [5, 5.41) is 0. The zero-order valence-corrected chi connectivity index (χ0v) is 13.8. The van der Waals surface area contributed by atoms with Gasteiger partial charge in [-0.1, -0.05) is 0 Å². The summed E-state index contributed by atoms with van der Waals surface area (Å²) >= 11 is 0.